The van der Waals surface area contributed by atoms with Gasteiger partial charge in [-0.1, -0.05) is 48.5 Å². The first-order chi connectivity index (χ1) is 9.85. The number of fused-ring (bicyclic) bond motifs is 1. The van der Waals surface area contributed by atoms with Crippen LogP contribution in [0.15, 0.2) is 54.6 Å². The van der Waals surface area contributed by atoms with E-state index in [-0.39, 0.29) is 18.3 Å². The lowest BCUT2D eigenvalue weighted by Gasteiger charge is -2.38. The molecule has 3 heteroatoms. The van der Waals surface area contributed by atoms with Crippen molar-refractivity contribution in [3.8, 4) is 5.75 Å². The van der Waals surface area contributed by atoms with Crippen molar-refractivity contribution in [1.29, 1.82) is 0 Å². The van der Waals surface area contributed by atoms with Crippen molar-refractivity contribution < 1.29 is 14.2 Å². The smallest absolute Gasteiger partial charge is 0.153 e. The van der Waals surface area contributed by atoms with Crippen molar-refractivity contribution in [3.05, 3.63) is 65.7 Å². The maximum Gasteiger partial charge on any atom is 0.153 e. The zero-order valence-electron chi connectivity index (χ0n) is 11.7. The summed E-state index contributed by atoms with van der Waals surface area (Å²) in [6.07, 6.45) is -0.464. The summed E-state index contributed by atoms with van der Waals surface area (Å²) in [4.78, 5) is 0. The van der Waals surface area contributed by atoms with E-state index in [9.17, 15) is 0 Å². The van der Waals surface area contributed by atoms with Crippen LogP contribution in [0.5, 0.6) is 5.75 Å². The highest BCUT2D eigenvalue weighted by Crippen LogP contribution is 2.43. The Bertz CT molecular complexity index is 567. The molecule has 104 valence electrons. The zero-order valence-corrected chi connectivity index (χ0v) is 11.7. The van der Waals surface area contributed by atoms with E-state index < -0.39 is 0 Å². The fourth-order valence-corrected chi connectivity index (χ4v) is 2.77. The molecule has 0 saturated carbocycles. The number of hydrogen-bond acceptors (Lipinski definition) is 3. The van der Waals surface area contributed by atoms with Crippen LogP contribution >= 0.6 is 0 Å². The molecule has 0 N–H and O–H groups in total. The Morgan fingerprint density at radius 3 is 2.25 bits per heavy atom. The minimum absolute atomic E-state index is 0.129. The van der Waals surface area contributed by atoms with Crippen molar-refractivity contribution >= 4 is 0 Å². The van der Waals surface area contributed by atoms with Gasteiger partial charge in [-0.15, -0.1) is 0 Å². The van der Waals surface area contributed by atoms with Crippen LogP contribution in [0.25, 0.3) is 0 Å². The highest BCUT2D eigenvalue weighted by molar-refractivity contribution is 5.40. The van der Waals surface area contributed by atoms with Gasteiger partial charge in [0.1, 0.15) is 18.0 Å². The molecule has 1 aliphatic rings. The second-order valence-electron chi connectivity index (χ2n) is 4.84. The Hall–Kier alpha value is -1.84. The average Bonchev–Trinajstić information content (AvgIpc) is 2.53. The number of rotatable bonds is 3. The molecule has 0 radical (unpaired) electrons. The predicted molar refractivity (Wildman–Crippen MR) is 76.8 cm³/mol. The summed E-state index contributed by atoms with van der Waals surface area (Å²) in [6, 6.07) is 18.1. The molecule has 2 aromatic rings. The molecule has 3 rings (SSSR count). The van der Waals surface area contributed by atoms with Crippen LogP contribution in [0.1, 0.15) is 23.3 Å². The zero-order chi connectivity index (χ0) is 13.9. The van der Waals surface area contributed by atoms with E-state index >= 15 is 0 Å². The van der Waals surface area contributed by atoms with Crippen LogP contribution in [0.3, 0.4) is 0 Å². The monoisotopic (exact) mass is 270 g/mol. The van der Waals surface area contributed by atoms with Crippen LogP contribution in [-0.4, -0.2) is 20.3 Å². The molecule has 3 unspecified atom stereocenters. The summed E-state index contributed by atoms with van der Waals surface area (Å²) < 4.78 is 17.5. The topological polar surface area (TPSA) is 27.7 Å². The molecule has 20 heavy (non-hydrogen) atoms. The summed E-state index contributed by atoms with van der Waals surface area (Å²) in [5.41, 5.74) is 2.13. The molecular weight excluding hydrogens is 252 g/mol. The third-order valence-electron chi connectivity index (χ3n) is 3.73. The summed E-state index contributed by atoms with van der Waals surface area (Å²) in [7, 11) is 3.41. The van der Waals surface area contributed by atoms with Crippen LogP contribution in [0.4, 0.5) is 0 Å². The average molecular weight is 270 g/mol. The van der Waals surface area contributed by atoms with Gasteiger partial charge in [-0.05, 0) is 11.6 Å². The van der Waals surface area contributed by atoms with Gasteiger partial charge in [-0.2, -0.15) is 0 Å². The first-order valence-electron chi connectivity index (χ1n) is 6.71. The van der Waals surface area contributed by atoms with Gasteiger partial charge >= 0.3 is 0 Å². The van der Waals surface area contributed by atoms with Gasteiger partial charge in [0, 0.05) is 19.8 Å². The second-order valence-corrected chi connectivity index (χ2v) is 4.84. The molecule has 0 saturated heterocycles. The van der Waals surface area contributed by atoms with E-state index in [0.717, 1.165) is 16.9 Å². The second kappa shape index (κ2) is 5.65. The lowest BCUT2D eigenvalue weighted by Crippen LogP contribution is -2.36. The van der Waals surface area contributed by atoms with Gasteiger partial charge in [0.15, 0.2) is 6.10 Å². The van der Waals surface area contributed by atoms with Gasteiger partial charge < -0.3 is 14.2 Å². The Morgan fingerprint density at radius 1 is 0.850 bits per heavy atom. The quantitative estimate of drug-likeness (QED) is 0.854. The van der Waals surface area contributed by atoms with E-state index in [1.54, 1.807) is 14.2 Å². The van der Waals surface area contributed by atoms with E-state index in [2.05, 4.69) is 12.1 Å². The molecule has 0 spiro atoms. The van der Waals surface area contributed by atoms with Crippen molar-refractivity contribution in [2.24, 2.45) is 0 Å². The maximum atomic E-state index is 6.15. The lowest BCUT2D eigenvalue weighted by atomic mass is 9.92. The van der Waals surface area contributed by atoms with Crippen LogP contribution < -0.4 is 4.74 Å². The van der Waals surface area contributed by atoms with E-state index in [4.69, 9.17) is 14.2 Å². The van der Waals surface area contributed by atoms with Crippen LogP contribution in [0, 0.1) is 0 Å². The van der Waals surface area contributed by atoms with Crippen molar-refractivity contribution in [2.75, 3.05) is 14.2 Å². The minimum Gasteiger partial charge on any atom is -0.482 e. The molecule has 1 aliphatic heterocycles. The van der Waals surface area contributed by atoms with E-state index in [1.807, 2.05) is 42.5 Å². The van der Waals surface area contributed by atoms with E-state index in [0.29, 0.717) is 0 Å². The third-order valence-corrected chi connectivity index (χ3v) is 3.73. The summed E-state index contributed by atoms with van der Waals surface area (Å²) in [5.74, 6) is 0.863. The van der Waals surface area contributed by atoms with E-state index in [1.165, 1.54) is 0 Å². The summed E-state index contributed by atoms with van der Waals surface area (Å²) in [6.45, 7) is 0. The molecule has 1 heterocycles. The minimum atomic E-state index is -0.169. The van der Waals surface area contributed by atoms with Crippen LogP contribution in [-0.2, 0) is 9.47 Å². The highest BCUT2D eigenvalue weighted by atomic mass is 16.6. The molecule has 0 aliphatic carbocycles. The van der Waals surface area contributed by atoms with Crippen LogP contribution in [0.2, 0.25) is 0 Å². The fraction of sp³-hybridized carbons (Fsp3) is 0.294. The molecular formula is C17H18O3. The van der Waals surface area contributed by atoms with Gasteiger partial charge in [0.25, 0.3) is 0 Å². The standard InChI is InChI=1S/C17H18O3/c1-18-16-13-10-6-7-11-14(13)20-15(17(16)19-2)12-8-4-3-5-9-12/h3-11,15-17H,1-2H3. The SMILES string of the molecule is COC1c2ccccc2OC(c2ccccc2)C1OC. The normalized spacial score (nSPS) is 24.8. The summed E-state index contributed by atoms with van der Waals surface area (Å²) in [5, 5.41) is 0. The molecule has 3 nitrogen and oxygen atoms in total. The molecule has 3 atom stereocenters. The lowest BCUT2D eigenvalue weighted by molar-refractivity contribution is -0.106. The first-order valence-corrected chi connectivity index (χ1v) is 6.71. The maximum absolute atomic E-state index is 6.15. The van der Waals surface area contributed by atoms with Gasteiger partial charge in [-0.25, -0.2) is 0 Å². The third kappa shape index (κ3) is 2.19. The largest absolute Gasteiger partial charge is 0.482 e. The Balaban J connectivity index is 2.05. The number of ether oxygens (including phenoxy) is 3. The number of hydrogen-bond donors (Lipinski definition) is 0. The van der Waals surface area contributed by atoms with Crippen molar-refractivity contribution in [3.63, 3.8) is 0 Å². The van der Waals surface area contributed by atoms with Crippen molar-refractivity contribution in [1.82, 2.24) is 0 Å². The molecule has 0 fully saturated rings. The number of benzene rings is 2. The van der Waals surface area contributed by atoms with Gasteiger partial charge in [-0.3, -0.25) is 0 Å². The molecule has 0 amide bonds. The predicted octanol–water partition coefficient (Wildman–Crippen LogP) is 3.52. The molecule has 0 bridgehead atoms. The molecule has 0 aromatic heterocycles. The number of methoxy groups -OCH3 is 2. The van der Waals surface area contributed by atoms with Gasteiger partial charge in [0.2, 0.25) is 0 Å². The fourth-order valence-electron chi connectivity index (χ4n) is 2.77. The Kier molecular flexibility index (Phi) is 3.72. The van der Waals surface area contributed by atoms with Crippen molar-refractivity contribution in [2.45, 2.75) is 18.3 Å². The molecule has 2 aromatic carbocycles. The Labute approximate surface area is 119 Å². The Morgan fingerprint density at radius 2 is 1.55 bits per heavy atom. The van der Waals surface area contributed by atoms with Gasteiger partial charge in [0.05, 0.1) is 0 Å². The highest BCUT2D eigenvalue weighted by Gasteiger charge is 2.39. The first kappa shape index (κ1) is 13.2. The summed E-state index contributed by atoms with van der Waals surface area (Å²) >= 11 is 0. The number of para-hydroxylation sites is 1.